The van der Waals surface area contributed by atoms with Crippen molar-refractivity contribution < 1.29 is 19.1 Å². The number of rotatable bonds is 5. The summed E-state index contributed by atoms with van der Waals surface area (Å²) in [6.07, 6.45) is 5.49. The zero-order chi connectivity index (χ0) is 18.7. The second-order valence-corrected chi connectivity index (χ2v) is 7.83. The zero-order valence-electron chi connectivity index (χ0n) is 15.1. The molecule has 1 aliphatic heterocycles. The Morgan fingerprint density at radius 2 is 2.04 bits per heavy atom. The minimum atomic E-state index is -0.844. The maximum Gasteiger partial charge on any atom is 0.326 e. The standard InChI is InChI=1S/C19H24N2O4S/c1-13-5-3-4-10-19(13)17(23)21(18(24)20-19)11-16(22)25-12-14-6-8-15(26-2)9-7-14/h6-9,13H,3-5,10-12H2,1-2H3,(H,20,24)/t13-,19+/m0/s1. The molecule has 7 heteroatoms. The van der Waals surface area contributed by atoms with Crippen molar-refractivity contribution in [3.63, 3.8) is 0 Å². The molecule has 0 aromatic heterocycles. The summed E-state index contributed by atoms with van der Waals surface area (Å²) in [5.41, 5.74) is 0.0224. The van der Waals surface area contributed by atoms with Crippen molar-refractivity contribution in [2.45, 2.75) is 49.6 Å². The number of hydrogen-bond donors (Lipinski definition) is 1. The lowest BCUT2D eigenvalue weighted by molar-refractivity contribution is -0.149. The average molecular weight is 376 g/mol. The van der Waals surface area contributed by atoms with E-state index in [2.05, 4.69) is 5.32 Å². The van der Waals surface area contributed by atoms with Crippen LogP contribution in [-0.4, -0.2) is 41.1 Å². The monoisotopic (exact) mass is 376 g/mol. The number of nitrogens with one attached hydrogen (secondary N) is 1. The number of urea groups is 1. The molecule has 1 aromatic rings. The smallest absolute Gasteiger partial charge is 0.326 e. The van der Waals surface area contributed by atoms with Crippen LogP contribution in [0.1, 0.15) is 38.2 Å². The van der Waals surface area contributed by atoms with Crippen LogP contribution in [0.15, 0.2) is 29.2 Å². The molecule has 2 fully saturated rings. The number of imide groups is 1. The first kappa shape index (κ1) is 18.8. The van der Waals surface area contributed by atoms with Crippen LogP contribution in [0.2, 0.25) is 0 Å². The molecule has 1 N–H and O–H groups in total. The minimum Gasteiger partial charge on any atom is -0.459 e. The van der Waals surface area contributed by atoms with Gasteiger partial charge in [-0.2, -0.15) is 0 Å². The van der Waals surface area contributed by atoms with Crippen LogP contribution < -0.4 is 5.32 Å². The largest absolute Gasteiger partial charge is 0.459 e. The van der Waals surface area contributed by atoms with Gasteiger partial charge in [-0.3, -0.25) is 14.5 Å². The van der Waals surface area contributed by atoms with E-state index in [-0.39, 0.29) is 25.0 Å². The fraction of sp³-hybridized carbons (Fsp3) is 0.526. The van der Waals surface area contributed by atoms with E-state index < -0.39 is 17.5 Å². The Hall–Kier alpha value is -2.02. The lowest BCUT2D eigenvalue weighted by Crippen LogP contribution is -2.54. The SMILES string of the molecule is CSc1ccc(COC(=O)CN2C(=O)N[C@@]3(CCCC[C@@H]3C)C2=O)cc1. The van der Waals surface area contributed by atoms with Crippen molar-refractivity contribution >= 4 is 29.7 Å². The second kappa shape index (κ2) is 7.70. The highest BCUT2D eigenvalue weighted by Crippen LogP contribution is 2.38. The van der Waals surface area contributed by atoms with Gasteiger partial charge in [0.2, 0.25) is 0 Å². The topological polar surface area (TPSA) is 75.7 Å². The van der Waals surface area contributed by atoms with Gasteiger partial charge in [-0.25, -0.2) is 4.79 Å². The normalized spacial score (nSPS) is 25.5. The number of carbonyl (C=O) groups excluding carboxylic acids is 3. The molecule has 3 rings (SSSR count). The van der Waals surface area contributed by atoms with Gasteiger partial charge in [-0.1, -0.05) is 31.9 Å². The highest BCUT2D eigenvalue weighted by Gasteiger charge is 2.55. The lowest BCUT2D eigenvalue weighted by Gasteiger charge is -2.36. The van der Waals surface area contributed by atoms with Gasteiger partial charge in [0.15, 0.2) is 0 Å². The van der Waals surface area contributed by atoms with Gasteiger partial charge < -0.3 is 10.1 Å². The van der Waals surface area contributed by atoms with Gasteiger partial charge in [0.1, 0.15) is 18.7 Å². The molecule has 0 bridgehead atoms. The van der Waals surface area contributed by atoms with Gasteiger partial charge in [0, 0.05) is 4.90 Å². The summed E-state index contributed by atoms with van der Waals surface area (Å²) in [5, 5.41) is 2.84. The number of benzene rings is 1. The third-order valence-electron chi connectivity index (χ3n) is 5.35. The Kier molecular flexibility index (Phi) is 5.55. The third kappa shape index (κ3) is 3.58. The number of amides is 3. The highest BCUT2D eigenvalue weighted by molar-refractivity contribution is 7.98. The molecule has 1 heterocycles. The van der Waals surface area contributed by atoms with Crippen LogP contribution in [-0.2, 0) is 20.9 Å². The average Bonchev–Trinajstić information content (AvgIpc) is 2.88. The summed E-state index contributed by atoms with van der Waals surface area (Å²) >= 11 is 1.64. The Bertz CT molecular complexity index is 706. The summed E-state index contributed by atoms with van der Waals surface area (Å²) in [4.78, 5) is 39.4. The lowest BCUT2D eigenvalue weighted by atomic mass is 9.73. The maximum atomic E-state index is 12.8. The minimum absolute atomic E-state index is 0.0728. The van der Waals surface area contributed by atoms with Crippen molar-refractivity contribution in [3.8, 4) is 0 Å². The number of carbonyl (C=O) groups is 3. The molecule has 1 aromatic carbocycles. The predicted octanol–water partition coefficient (Wildman–Crippen LogP) is 2.95. The summed E-state index contributed by atoms with van der Waals surface area (Å²) in [5.74, 6) is -0.803. The Morgan fingerprint density at radius 1 is 1.31 bits per heavy atom. The van der Waals surface area contributed by atoms with Gasteiger partial charge in [0.05, 0.1) is 0 Å². The van der Waals surface area contributed by atoms with Crippen LogP contribution >= 0.6 is 11.8 Å². The summed E-state index contributed by atoms with van der Waals surface area (Å²) in [7, 11) is 0. The summed E-state index contributed by atoms with van der Waals surface area (Å²) in [6.45, 7) is 1.76. The molecule has 140 valence electrons. The van der Waals surface area contributed by atoms with Crippen LogP contribution in [0, 0.1) is 5.92 Å². The predicted molar refractivity (Wildman–Crippen MR) is 98.6 cm³/mol. The van der Waals surface area contributed by atoms with E-state index in [1.165, 1.54) is 0 Å². The van der Waals surface area contributed by atoms with Gasteiger partial charge in [-0.15, -0.1) is 11.8 Å². The maximum absolute atomic E-state index is 12.8. The van der Waals surface area contributed by atoms with Gasteiger partial charge in [0.25, 0.3) is 5.91 Å². The molecule has 1 spiro atoms. The third-order valence-corrected chi connectivity index (χ3v) is 6.09. The van der Waals surface area contributed by atoms with Crippen molar-refractivity contribution in [2.24, 2.45) is 5.92 Å². The molecule has 3 amide bonds. The van der Waals surface area contributed by atoms with Crippen molar-refractivity contribution in [3.05, 3.63) is 29.8 Å². The number of hydrogen-bond acceptors (Lipinski definition) is 5. The molecule has 1 saturated heterocycles. The molecule has 0 radical (unpaired) electrons. The zero-order valence-corrected chi connectivity index (χ0v) is 15.9. The first-order chi connectivity index (χ1) is 12.5. The number of esters is 1. The van der Waals surface area contributed by atoms with E-state index >= 15 is 0 Å². The molecule has 1 saturated carbocycles. The van der Waals surface area contributed by atoms with Crippen LogP contribution in [0.3, 0.4) is 0 Å². The summed E-state index contributed by atoms with van der Waals surface area (Å²) in [6, 6.07) is 7.21. The second-order valence-electron chi connectivity index (χ2n) is 6.95. The van der Waals surface area contributed by atoms with Crippen LogP contribution in [0.4, 0.5) is 4.79 Å². The number of thioether (sulfide) groups is 1. The van der Waals surface area contributed by atoms with E-state index in [1.54, 1.807) is 11.8 Å². The van der Waals surface area contributed by atoms with Crippen LogP contribution in [0.25, 0.3) is 0 Å². The molecular formula is C19H24N2O4S. The Balaban J connectivity index is 1.58. The van der Waals surface area contributed by atoms with Gasteiger partial charge >= 0.3 is 12.0 Å². The Labute approximate surface area is 157 Å². The molecule has 0 unspecified atom stereocenters. The fourth-order valence-corrected chi connectivity index (χ4v) is 4.11. The molecule has 26 heavy (non-hydrogen) atoms. The van der Waals surface area contributed by atoms with E-state index in [9.17, 15) is 14.4 Å². The summed E-state index contributed by atoms with van der Waals surface area (Å²) < 4.78 is 5.24. The molecular weight excluding hydrogens is 352 g/mol. The van der Waals surface area contributed by atoms with E-state index in [4.69, 9.17) is 4.74 Å². The molecule has 1 aliphatic carbocycles. The van der Waals surface area contributed by atoms with Gasteiger partial charge in [-0.05, 0) is 42.7 Å². The highest BCUT2D eigenvalue weighted by atomic mass is 32.2. The quantitative estimate of drug-likeness (QED) is 0.486. The Morgan fingerprint density at radius 3 is 2.69 bits per heavy atom. The molecule has 6 nitrogen and oxygen atoms in total. The van der Waals surface area contributed by atoms with E-state index in [0.29, 0.717) is 6.42 Å². The fourth-order valence-electron chi connectivity index (χ4n) is 3.70. The van der Waals surface area contributed by atoms with E-state index in [0.717, 1.165) is 34.6 Å². The number of nitrogens with zero attached hydrogens (tertiary/aromatic N) is 1. The van der Waals surface area contributed by atoms with Crippen molar-refractivity contribution in [1.29, 1.82) is 0 Å². The molecule has 2 aliphatic rings. The van der Waals surface area contributed by atoms with Crippen molar-refractivity contribution in [2.75, 3.05) is 12.8 Å². The van der Waals surface area contributed by atoms with Crippen molar-refractivity contribution in [1.82, 2.24) is 10.2 Å². The first-order valence-electron chi connectivity index (χ1n) is 8.89. The number of ether oxygens (including phenoxy) is 1. The van der Waals surface area contributed by atoms with Crippen LogP contribution in [0.5, 0.6) is 0 Å². The molecule has 2 atom stereocenters. The van der Waals surface area contributed by atoms with E-state index in [1.807, 2.05) is 37.4 Å². The first-order valence-corrected chi connectivity index (χ1v) is 10.1.